The molecule has 0 atom stereocenters. The van der Waals surface area contributed by atoms with E-state index < -0.39 is 0 Å². The van der Waals surface area contributed by atoms with E-state index >= 15 is 0 Å². The molecule has 3 rings (SSSR count). The molecule has 0 spiro atoms. The van der Waals surface area contributed by atoms with Crippen LogP contribution in [-0.2, 0) is 13.1 Å². The third kappa shape index (κ3) is 1.69. The highest BCUT2D eigenvalue weighted by Crippen LogP contribution is 2.20. The maximum absolute atomic E-state index is 7.54. The summed E-state index contributed by atoms with van der Waals surface area (Å²) < 4.78 is 2.11. The summed E-state index contributed by atoms with van der Waals surface area (Å²) in [5.74, 6) is 1.58. The Morgan fingerprint density at radius 1 is 1.17 bits per heavy atom. The number of rotatable bonds is 2. The summed E-state index contributed by atoms with van der Waals surface area (Å²) in [5, 5.41) is 7.54. The first-order valence-corrected chi connectivity index (χ1v) is 5.66. The van der Waals surface area contributed by atoms with Crippen LogP contribution in [0.3, 0.4) is 0 Å². The Balaban J connectivity index is 1.95. The van der Waals surface area contributed by atoms with E-state index in [2.05, 4.69) is 19.5 Å². The smallest absolute Gasteiger partial charge is 0.158 e. The summed E-state index contributed by atoms with van der Waals surface area (Å²) in [6.45, 7) is 2.32. The zero-order chi connectivity index (χ0) is 12.5. The molecule has 0 saturated heterocycles. The molecule has 0 bridgehead atoms. The molecule has 3 heterocycles. The molecule has 0 radical (unpaired) electrons. The van der Waals surface area contributed by atoms with Gasteiger partial charge in [-0.2, -0.15) is 0 Å². The molecule has 2 aromatic rings. The number of nitrogen functional groups attached to an aromatic ring is 1. The third-order valence-electron chi connectivity index (χ3n) is 2.98. The summed E-state index contributed by atoms with van der Waals surface area (Å²) in [6.07, 6.45) is 6.92. The number of hydrogen-bond acceptors (Lipinski definition) is 5. The molecule has 0 aromatic carbocycles. The highest BCUT2D eigenvalue weighted by Gasteiger charge is 2.21. The second-order valence-electron chi connectivity index (χ2n) is 4.10. The molecule has 0 unspecified atom stereocenters. The van der Waals surface area contributed by atoms with Crippen molar-refractivity contribution in [2.24, 2.45) is 5.73 Å². The molecule has 2 aromatic heterocycles. The van der Waals surface area contributed by atoms with Gasteiger partial charge in [-0.1, -0.05) is 0 Å². The standard InChI is InChI=1S/C11H13N7/c12-10(13)9-11(16-2-1-15-9)18-6-5-17-4-3-14-8(17)7-18/h1-4H,5-7H2,(H3,12,13). The number of nitrogens with zero attached hydrogens (tertiary/aromatic N) is 5. The van der Waals surface area contributed by atoms with Gasteiger partial charge in [0, 0.05) is 37.9 Å². The van der Waals surface area contributed by atoms with Crippen molar-refractivity contribution in [1.82, 2.24) is 19.5 Å². The highest BCUT2D eigenvalue weighted by molar-refractivity contribution is 5.97. The second kappa shape index (κ2) is 4.10. The Bertz CT molecular complexity index is 589. The van der Waals surface area contributed by atoms with Crippen LogP contribution in [0, 0.1) is 5.41 Å². The van der Waals surface area contributed by atoms with Gasteiger partial charge in [0.2, 0.25) is 0 Å². The Labute approximate surface area is 104 Å². The fourth-order valence-corrected chi connectivity index (χ4v) is 2.11. The predicted molar refractivity (Wildman–Crippen MR) is 66.3 cm³/mol. The Morgan fingerprint density at radius 2 is 2.00 bits per heavy atom. The minimum Gasteiger partial charge on any atom is -0.382 e. The molecule has 1 aliphatic rings. The molecule has 0 amide bonds. The number of amidine groups is 1. The van der Waals surface area contributed by atoms with Crippen molar-refractivity contribution in [3.05, 3.63) is 36.3 Å². The first kappa shape index (κ1) is 10.7. The summed E-state index contributed by atoms with van der Waals surface area (Å²) in [6, 6.07) is 0. The van der Waals surface area contributed by atoms with E-state index in [1.165, 1.54) is 0 Å². The Morgan fingerprint density at radius 3 is 2.83 bits per heavy atom. The molecule has 0 saturated carbocycles. The van der Waals surface area contributed by atoms with Crippen molar-refractivity contribution >= 4 is 11.7 Å². The van der Waals surface area contributed by atoms with Gasteiger partial charge in [0.25, 0.3) is 0 Å². The maximum atomic E-state index is 7.54. The first-order valence-electron chi connectivity index (χ1n) is 5.66. The van der Waals surface area contributed by atoms with Crippen LogP contribution in [0.15, 0.2) is 24.8 Å². The molecule has 7 nitrogen and oxygen atoms in total. The van der Waals surface area contributed by atoms with E-state index in [1.807, 2.05) is 11.1 Å². The van der Waals surface area contributed by atoms with E-state index in [0.29, 0.717) is 18.1 Å². The van der Waals surface area contributed by atoms with Crippen molar-refractivity contribution < 1.29 is 0 Å². The quantitative estimate of drug-likeness (QED) is 0.570. The van der Waals surface area contributed by atoms with E-state index in [4.69, 9.17) is 11.1 Å². The number of nitrogens with one attached hydrogen (secondary N) is 1. The lowest BCUT2D eigenvalue weighted by Gasteiger charge is -2.29. The minimum atomic E-state index is -0.0629. The predicted octanol–water partition coefficient (Wildman–Crippen LogP) is -0.0226. The van der Waals surface area contributed by atoms with E-state index in [9.17, 15) is 0 Å². The van der Waals surface area contributed by atoms with Crippen LogP contribution in [0.25, 0.3) is 0 Å². The topological polar surface area (TPSA) is 96.7 Å². The average molecular weight is 243 g/mol. The highest BCUT2D eigenvalue weighted by atomic mass is 15.3. The number of nitrogens with two attached hydrogens (primary N) is 1. The molecule has 0 aliphatic carbocycles. The van der Waals surface area contributed by atoms with Gasteiger partial charge in [0.1, 0.15) is 17.4 Å². The molecule has 1 aliphatic heterocycles. The van der Waals surface area contributed by atoms with Crippen LogP contribution in [0.1, 0.15) is 11.5 Å². The molecule has 0 fully saturated rings. The SMILES string of the molecule is N=C(N)c1nccnc1N1CCn2ccnc2C1. The molecule has 92 valence electrons. The van der Waals surface area contributed by atoms with Gasteiger partial charge in [0.05, 0.1) is 6.54 Å². The lowest BCUT2D eigenvalue weighted by Crippen LogP contribution is -2.36. The van der Waals surface area contributed by atoms with Crippen molar-refractivity contribution in [3.63, 3.8) is 0 Å². The molecular weight excluding hydrogens is 230 g/mol. The van der Waals surface area contributed by atoms with Crippen LogP contribution in [0.4, 0.5) is 5.82 Å². The molecular formula is C11H13N7. The summed E-state index contributed by atoms with van der Waals surface area (Å²) in [7, 11) is 0. The fraction of sp³-hybridized carbons (Fsp3) is 0.273. The molecule has 7 heteroatoms. The second-order valence-corrected chi connectivity index (χ2v) is 4.10. The number of anilines is 1. The van der Waals surface area contributed by atoms with E-state index in [1.54, 1.807) is 18.6 Å². The third-order valence-corrected chi connectivity index (χ3v) is 2.98. The van der Waals surface area contributed by atoms with Crippen molar-refractivity contribution in [3.8, 4) is 0 Å². The fourth-order valence-electron chi connectivity index (χ4n) is 2.11. The van der Waals surface area contributed by atoms with E-state index in [0.717, 1.165) is 18.9 Å². The lowest BCUT2D eigenvalue weighted by molar-refractivity contribution is 0.555. The van der Waals surface area contributed by atoms with Gasteiger partial charge >= 0.3 is 0 Å². The molecule has 3 N–H and O–H groups in total. The minimum absolute atomic E-state index is 0.0629. The summed E-state index contributed by atoms with van der Waals surface area (Å²) in [5.41, 5.74) is 5.96. The van der Waals surface area contributed by atoms with Gasteiger partial charge in [0.15, 0.2) is 5.82 Å². The number of fused-ring (bicyclic) bond motifs is 1. The number of imidazole rings is 1. The maximum Gasteiger partial charge on any atom is 0.158 e. The zero-order valence-electron chi connectivity index (χ0n) is 9.74. The van der Waals surface area contributed by atoms with Crippen LogP contribution in [-0.4, -0.2) is 31.9 Å². The normalized spacial score (nSPS) is 14.3. The number of hydrogen-bond donors (Lipinski definition) is 2. The zero-order valence-corrected chi connectivity index (χ0v) is 9.74. The molecule has 18 heavy (non-hydrogen) atoms. The van der Waals surface area contributed by atoms with Crippen LogP contribution in [0.5, 0.6) is 0 Å². The first-order chi connectivity index (χ1) is 8.75. The number of aromatic nitrogens is 4. The Kier molecular flexibility index (Phi) is 2.44. The summed E-state index contributed by atoms with van der Waals surface area (Å²) in [4.78, 5) is 14.7. The van der Waals surface area contributed by atoms with Crippen molar-refractivity contribution in [2.45, 2.75) is 13.1 Å². The van der Waals surface area contributed by atoms with Crippen LogP contribution >= 0.6 is 0 Å². The van der Waals surface area contributed by atoms with Crippen molar-refractivity contribution in [1.29, 1.82) is 5.41 Å². The van der Waals surface area contributed by atoms with Gasteiger partial charge in [-0.3, -0.25) is 5.41 Å². The lowest BCUT2D eigenvalue weighted by atomic mass is 10.3. The van der Waals surface area contributed by atoms with Gasteiger partial charge in [-0.05, 0) is 0 Å². The largest absolute Gasteiger partial charge is 0.382 e. The average Bonchev–Trinajstić information content (AvgIpc) is 2.85. The summed E-state index contributed by atoms with van der Waals surface area (Å²) >= 11 is 0. The Hall–Kier alpha value is -2.44. The van der Waals surface area contributed by atoms with Gasteiger partial charge in [-0.15, -0.1) is 0 Å². The van der Waals surface area contributed by atoms with Gasteiger partial charge < -0.3 is 15.2 Å². The monoisotopic (exact) mass is 243 g/mol. The van der Waals surface area contributed by atoms with Crippen LogP contribution < -0.4 is 10.6 Å². The van der Waals surface area contributed by atoms with Crippen LogP contribution in [0.2, 0.25) is 0 Å². The van der Waals surface area contributed by atoms with Gasteiger partial charge in [-0.25, -0.2) is 15.0 Å². The van der Waals surface area contributed by atoms with E-state index in [-0.39, 0.29) is 5.84 Å². The van der Waals surface area contributed by atoms with Crippen molar-refractivity contribution in [2.75, 3.05) is 11.4 Å².